The van der Waals surface area contributed by atoms with Crippen LogP contribution in [0.3, 0.4) is 0 Å². The van der Waals surface area contributed by atoms with Gasteiger partial charge in [0.2, 0.25) is 0 Å². The van der Waals surface area contributed by atoms with E-state index in [1.807, 2.05) is 7.05 Å². The number of likely N-dealkylation sites (tertiary alicyclic amines) is 1. The number of nitrogens with one attached hydrogen (secondary N) is 1. The van der Waals surface area contributed by atoms with E-state index in [-0.39, 0.29) is 0 Å². The number of anilines is 1. The first-order valence-corrected chi connectivity index (χ1v) is 7.58. The zero-order valence-electron chi connectivity index (χ0n) is 12.7. The average Bonchev–Trinajstić information content (AvgIpc) is 2.88. The van der Waals surface area contributed by atoms with Crippen LogP contribution in [0.25, 0.3) is 11.0 Å². The molecule has 1 aliphatic rings. The van der Waals surface area contributed by atoms with Gasteiger partial charge in [0, 0.05) is 13.6 Å². The number of hydrazine groups is 1. The molecule has 1 fully saturated rings. The van der Waals surface area contributed by atoms with Gasteiger partial charge in [-0.25, -0.2) is 15.8 Å². The lowest BCUT2D eigenvalue weighted by atomic mass is 9.96. The number of piperidine rings is 1. The number of fused-ring (bicyclic) bond motifs is 1. The molecule has 1 aliphatic heterocycles. The van der Waals surface area contributed by atoms with Crippen LogP contribution in [0.1, 0.15) is 32.0 Å². The molecular formula is C14H23N7. The molecule has 1 saturated heterocycles. The topological polar surface area (TPSA) is 84.9 Å². The number of hydrogen-bond acceptors (Lipinski definition) is 6. The fraction of sp³-hybridized carbons (Fsp3) is 0.643. The Balaban J connectivity index is 1.84. The van der Waals surface area contributed by atoms with Gasteiger partial charge >= 0.3 is 0 Å². The third kappa shape index (κ3) is 2.84. The summed E-state index contributed by atoms with van der Waals surface area (Å²) in [5, 5.41) is 5.08. The summed E-state index contributed by atoms with van der Waals surface area (Å²) in [7, 11) is 1.88. The summed E-state index contributed by atoms with van der Waals surface area (Å²) >= 11 is 0. The van der Waals surface area contributed by atoms with Crippen LogP contribution in [-0.4, -0.2) is 37.7 Å². The first-order chi connectivity index (χ1) is 10.2. The van der Waals surface area contributed by atoms with Crippen molar-refractivity contribution in [3.8, 4) is 0 Å². The second kappa shape index (κ2) is 5.95. The fourth-order valence-electron chi connectivity index (χ4n) is 3.08. The minimum atomic E-state index is 0.646. The van der Waals surface area contributed by atoms with Gasteiger partial charge in [-0.15, -0.1) is 0 Å². The van der Waals surface area contributed by atoms with Crippen LogP contribution >= 0.6 is 0 Å². The third-order valence-electron chi connectivity index (χ3n) is 4.32. The normalized spacial score (nSPS) is 20.0. The van der Waals surface area contributed by atoms with Crippen molar-refractivity contribution in [2.24, 2.45) is 18.8 Å². The minimum absolute atomic E-state index is 0.646. The van der Waals surface area contributed by atoms with E-state index in [0.717, 1.165) is 42.4 Å². The Labute approximate surface area is 124 Å². The highest BCUT2D eigenvalue weighted by molar-refractivity contribution is 5.86. The predicted octanol–water partition coefficient (Wildman–Crippen LogP) is 1.27. The summed E-state index contributed by atoms with van der Waals surface area (Å²) in [6.07, 6.45) is 5.58. The Morgan fingerprint density at radius 2 is 2.29 bits per heavy atom. The zero-order chi connectivity index (χ0) is 14.8. The number of aromatic nitrogens is 4. The Hall–Kier alpha value is -1.73. The average molecular weight is 289 g/mol. The molecule has 2 aromatic rings. The van der Waals surface area contributed by atoms with Crippen molar-refractivity contribution in [2.75, 3.05) is 18.5 Å². The number of rotatable bonds is 4. The van der Waals surface area contributed by atoms with Gasteiger partial charge in [0.15, 0.2) is 11.5 Å². The molecule has 21 heavy (non-hydrogen) atoms. The Bertz CT molecular complexity index is 621. The Morgan fingerprint density at radius 3 is 3.05 bits per heavy atom. The SMILES string of the molecule is CCC1CCCN(Cc2nc(NN)c3cnn(C)c3n2)C1. The second-order valence-electron chi connectivity index (χ2n) is 5.79. The lowest BCUT2D eigenvalue weighted by Gasteiger charge is -2.31. The van der Waals surface area contributed by atoms with Gasteiger partial charge in [-0.1, -0.05) is 13.3 Å². The van der Waals surface area contributed by atoms with Crippen LogP contribution < -0.4 is 11.3 Å². The minimum Gasteiger partial charge on any atom is -0.308 e. The van der Waals surface area contributed by atoms with Crippen LogP contribution in [0.2, 0.25) is 0 Å². The monoisotopic (exact) mass is 289 g/mol. The van der Waals surface area contributed by atoms with Crippen molar-refractivity contribution < 1.29 is 0 Å². The molecule has 114 valence electrons. The van der Waals surface area contributed by atoms with Gasteiger partial charge in [-0.2, -0.15) is 5.10 Å². The smallest absolute Gasteiger partial charge is 0.163 e. The van der Waals surface area contributed by atoms with Gasteiger partial charge in [0.25, 0.3) is 0 Å². The lowest BCUT2D eigenvalue weighted by Crippen LogP contribution is -2.35. The standard InChI is InChI=1S/C14H23N7/c1-3-10-5-4-6-21(8-10)9-12-17-13(19-15)11-7-16-20(2)14(11)18-12/h7,10H,3-6,8-9,15H2,1-2H3,(H,17,18,19). The molecule has 3 rings (SSSR count). The summed E-state index contributed by atoms with van der Waals surface area (Å²) in [5.74, 6) is 7.82. The first kappa shape index (κ1) is 14.2. The maximum Gasteiger partial charge on any atom is 0.163 e. The molecule has 7 nitrogen and oxygen atoms in total. The van der Waals surface area contributed by atoms with E-state index in [4.69, 9.17) is 5.84 Å². The van der Waals surface area contributed by atoms with E-state index in [0.29, 0.717) is 5.82 Å². The molecule has 1 unspecified atom stereocenters. The van der Waals surface area contributed by atoms with Crippen molar-refractivity contribution >= 4 is 16.9 Å². The van der Waals surface area contributed by atoms with E-state index in [1.54, 1.807) is 10.9 Å². The molecule has 0 bridgehead atoms. The van der Waals surface area contributed by atoms with Crippen molar-refractivity contribution in [2.45, 2.75) is 32.7 Å². The molecule has 0 saturated carbocycles. The fourth-order valence-corrected chi connectivity index (χ4v) is 3.08. The van der Waals surface area contributed by atoms with Crippen LogP contribution in [-0.2, 0) is 13.6 Å². The van der Waals surface area contributed by atoms with E-state index < -0.39 is 0 Å². The molecule has 2 aromatic heterocycles. The maximum atomic E-state index is 5.58. The molecule has 7 heteroatoms. The second-order valence-corrected chi connectivity index (χ2v) is 5.79. The van der Waals surface area contributed by atoms with Crippen LogP contribution in [0, 0.1) is 5.92 Å². The Kier molecular flexibility index (Phi) is 4.03. The molecule has 0 spiro atoms. The summed E-state index contributed by atoms with van der Waals surface area (Å²) in [6, 6.07) is 0. The van der Waals surface area contributed by atoms with Gasteiger partial charge < -0.3 is 5.43 Å². The van der Waals surface area contributed by atoms with Crippen molar-refractivity contribution in [3.63, 3.8) is 0 Å². The molecule has 3 heterocycles. The van der Waals surface area contributed by atoms with Crippen molar-refractivity contribution in [1.29, 1.82) is 0 Å². The Morgan fingerprint density at radius 1 is 1.43 bits per heavy atom. The van der Waals surface area contributed by atoms with Gasteiger partial charge in [-0.3, -0.25) is 9.58 Å². The highest BCUT2D eigenvalue weighted by Crippen LogP contribution is 2.22. The van der Waals surface area contributed by atoms with E-state index in [9.17, 15) is 0 Å². The van der Waals surface area contributed by atoms with E-state index in [1.165, 1.54) is 19.3 Å². The zero-order valence-corrected chi connectivity index (χ0v) is 12.7. The highest BCUT2D eigenvalue weighted by atomic mass is 15.3. The van der Waals surface area contributed by atoms with Gasteiger partial charge in [-0.05, 0) is 25.3 Å². The van der Waals surface area contributed by atoms with Gasteiger partial charge in [0.1, 0.15) is 5.82 Å². The summed E-state index contributed by atoms with van der Waals surface area (Å²) < 4.78 is 1.76. The molecule has 0 aliphatic carbocycles. The van der Waals surface area contributed by atoms with E-state index >= 15 is 0 Å². The number of hydrogen-bond donors (Lipinski definition) is 2. The number of aryl methyl sites for hydroxylation is 1. The number of nitrogens with two attached hydrogens (primary N) is 1. The van der Waals surface area contributed by atoms with Crippen LogP contribution in [0.5, 0.6) is 0 Å². The number of nitrogen functional groups attached to an aromatic ring is 1. The first-order valence-electron chi connectivity index (χ1n) is 7.58. The van der Waals surface area contributed by atoms with Crippen LogP contribution in [0.15, 0.2) is 6.20 Å². The molecule has 0 aromatic carbocycles. The molecule has 1 atom stereocenters. The molecule has 3 N–H and O–H groups in total. The number of nitrogens with zero attached hydrogens (tertiary/aromatic N) is 5. The largest absolute Gasteiger partial charge is 0.308 e. The molecule has 0 amide bonds. The summed E-state index contributed by atoms with van der Waals surface area (Å²) in [4.78, 5) is 11.6. The predicted molar refractivity (Wildman–Crippen MR) is 82.4 cm³/mol. The molecular weight excluding hydrogens is 266 g/mol. The van der Waals surface area contributed by atoms with Crippen molar-refractivity contribution in [1.82, 2.24) is 24.6 Å². The summed E-state index contributed by atoms with van der Waals surface area (Å²) in [6.45, 7) is 5.29. The highest BCUT2D eigenvalue weighted by Gasteiger charge is 2.20. The van der Waals surface area contributed by atoms with Gasteiger partial charge in [0.05, 0.1) is 18.1 Å². The maximum absolute atomic E-state index is 5.58. The van der Waals surface area contributed by atoms with E-state index in [2.05, 4.69) is 32.3 Å². The summed E-state index contributed by atoms with van der Waals surface area (Å²) in [5.41, 5.74) is 3.47. The van der Waals surface area contributed by atoms with Crippen LogP contribution in [0.4, 0.5) is 5.82 Å². The van der Waals surface area contributed by atoms with Crippen molar-refractivity contribution in [3.05, 3.63) is 12.0 Å². The lowest BCUT2D eigenvalue weighted by molar-refractivity contribution is 0.161. The molecule has 0 radical (unpaired) electrons. The third-order valence-corrected chi connectivity index (χ3v) is 4.32. The quantitative estimate of drug-likeness (QED) is 0.651.